The summed E-state index contributed by atoms with van der Waals surface area (Å²) in [6.45, 7) is 0.870. The van der Waals surface area contributed by atoms with Gasteiger partial charge in [0.15, 0.2) is 11.5 Å². The molecule has 2 aromatic rings. The molecule has 0 bridgehead atoms. The molecule has 2 aromatic heterocycles. The third-order valence-electron chi connectivity index (χ3n) is 4.81. The van der Waals surface area contributed by atoms with Crippen LogP contribution >= 0.6 is 0 Å². The highest BCUT2D eigenvalue weighted by atomic mass is 16.5. The third kappa shape index (κ3) is 5.01. The summed E-state index contributed by atoms with van der Waals surface area (Å²) in [5, 5.41) is 26.8. The average Bonchev–Trinajstić information content (AvgIpc) is 2.73. The largest absolute Gasteiger partial charge is 0.478 e. The molecule has 1 saturated carbocycles. The second-order valence-corrected chi connectivity index (χ2v) is 6.56. The lowest BCUT2D eigenvalue weighted by Crippen LogP contribution is -2.32. The van der Waals surface area contributed by atoms with Gasteiger partial charge < -0.3 is 20.7 Å². The fraction of sp³-hybridized carbons (Fsp3) is 0.500. The molecule has 3 rings (SSSR count). The highest BCUT2D eigenvalue weighted by molar-refractivity contribution is 5.61. The van der Waals surface area contributed by atoms with Crippen molar-refractivity contribution in [1.29, 1.82) is 5.26 Å². The summed E-state index contributed by atoms with van der Waals surface area (Å²) >= 11 is 0. The van der Waals surface area contributed by atoms with Crippen LogP contribution in [-0.4, -0.2) is 46.9 Å². The average molecular weight is 368 g/mol. The standard InChI is InChI=1S/C18H24N8O/c1-20-13-5-3-12(4-6-13)9-22-15-7-16(25-26-18(15)27-2)24-17-11-21-14(8-19)10-23-17/h7,10-13,20H,3-6,9H2,1-2H3,(H2,22,23,24,25). The molecule has 1 aliphatic carbocycles. The van der Waals surface area contributed by atoms with Gasteiger partial charge in [0.05, 0.1) is 19.5 Å². The molecule has 0 atom stereocenters. The summed E-state index contributed by atoms with van der Waals surface area (Å²) in [7, 11) is 3.61. The van der Waals surface area contributed by atoms with Crippen LogP contribution in [0.25, 0.3) is 0 Å². The van der Waals surface area contributed by atoms with Crippen LogP contribution in [0.1, 0.15) is 31.4 Å². The number of methoxy groups -OCH3 is 1. The minimum Gasteiger partial charge on any atom is -0.478 e. The number of hydrogen-bond donors (Lipinski definition) is 3. The van der Waals surface area contributed by atoms with Crippen molar-refractivity contribution in [3.63, 3.8) is 0 Å². The molecular formula is C18H24N8O. The van der Waals surface area contributed by atoms with E-state index in [-0.39, 0.29) is 5.69 Å². The van der Waals surface area contributed by atoms with Crippen LogP contribution in [-0.2, 0) is 0 Å². The highest BCUT2D eigenvalue weighted by Gasteiger charge is 2.20. The van der Waals surface area contributed by atoms with Crippen LogP contribution in [0.3, 0.4) is 0 Å². The molecule has 0 spiro atoms. The van der Waals surface area contributed by atoms with Gasteiger partial charge in [0, 0.05) is 18.7 Å². The maximum atomic E-state index is 8.79. The van der Waals surface area contributed by atoms with Crippen molar-refractivity contribution in [2.75, 3.05) is 31.3 Å². The van der Waals surface area contributed by atoms with Gasteiger partial charge in [-0.2, -0.15) is 5.26 Å². The maximum absolute atomic E-state index is 8.79. The summed E-state index contributed by atoms with van der Waals surface area (Å²) in [6, 6.07) is 4.42. The van der Waals surface area contributed by atoms with E-state index in [4.69, 9.17) is 10.00 Å². The van der Waals surface area contributed by atoms with Gasteiger partial charge >= 0.3 is 0 Å². The van der Waals surface area contributed by atoms with E-state index in [1.807, 2.05) is 19.2 Å². The van der Waals surface area contributed by atoms with Gasteiger partial charge in [0.2, 0.25) is 0 Å². The van der Waals surface area contributed by atoms with E-state index in [0.717, 1.165) is 12.2 Å². The molecule has 1 aliphatic rings. The van der Waals surface area contributed by atoms with Crippen molar-refractivity contribution in [1.82, 2.24) is 25.5 Å². The lowest BCUT2D eigenvalue weighted by atomic mass is 9.86. The lowest BCUT2D eigenvalue weighted by molar-refractivity contribution is 0.311. The minimum absolute atomic E-state index is 0.261. The Morgan fingerprint density at radius 1 is 1.15 bits per heavy atom. The highest BCUT2D eigenvalue weighted by Crippen LogP contribution is 2.28. The summed E-state index contributed by atoms with van der Waals surface area (Å²) in [4.78, 5) is 8.11. The van der Waals surface area contributed by atoms with E-state index in [9.17, 15) is 0 Å². The van der Waals surface area contributed by atoms with E-state index in [2.05, 4.69) is 36.1 Å². The normalized spacial score (nSPS) is 19.1. The SMILES string of the molecule is CNC1CCC(CNc2cc(Nc3cnc(C#N)cn3)nnc2OC)CC1. The number of nitriles is 1. The number of hydrogen-bond acceptors (Lipinski definition) is 9. The van der Waals surface area contributed by atoms with E-state index in [0.29, 0.717) is 29.5 Å². The van der Waals surface area contributed by atoms with Crippen molar-refractivity contribution in [3.8, 4) is 11.9 Å². The molecule has 0 unspecified atom stereocenters. The first-order valence-corrected chi connectivity index (χ1v) is 9.03. The molecular weight excluding hydrogens is 344 g/mol. The zero-order valence-corrected chi connectivity index (χ0v) is 15.6. The van der Waals surface area contributed by atoms with Crippen LogP contribution in [0.5, 0.6) is 5.88 Å². The van der Waals surface area contributed by atoms with Crippen molar-refractivity contribution in [2.45, 2.75) is 31.7 Å². The molecule has 0 aromatic carbocycles. The summed E-state index contributed by atoms with van der Waals surface area (Å²) in [6.07, 6.45) is 7.70. The second-order valence-electron chi connectivity index (χ2n) is 6.56. The number of anilines is 3. The first kappa shape index (κ1) is 18.8. The molecule has 0 saturated heterocycles. The summed E-state index contributed by atoms with van der Waals surface area (Å²) < 4.78 is 5.32. The molecule has 27 heavy (non-hydrogen) atoms. The quantitative estimate of drug-likeness (QED) is 0.674. The molecule has 9 heteroatoms. The molecule has 2 heterocycles. The molecule has 3 N–H and O–H groups in total. The minimum atomic E-state index is 0.261. The fourth-order valence-electron chi connectivity index (χ4n) is 3.21. The fourth-order valence-corrected chi connectivity index (χ4v) is 3.21. The van der Waals surface area contributed by atoms with Crippen molar-refractivity contribution in [2.24, 2.45) is 5.92 Å². The maximum Gasteiger partial charge on any atom is 0.256 e. The van der Waals surface area contributed by atoms with E-state index in [1.54, 1.807) is 7.11 Å². The molecule has 1 fully saturated rings. The van der Waals surface area contributed by atoms with Crippen LogP contribution in [0.2, 0.25) is 0 Å². The monoisotopic (exact) mass is 368 g/mol. The van der Waals surface area contributed by atoms with Gasteiger partial charge in [-0.05, 0) is 38.6 Å². The van der Waals surface area contributed by atoms with Gasteiger partial charge in [-0.1, -0.05) is 0 Å². The predicted molar refractivity (Wildman–Crippen MR) is 102 cm³/mol. The Hall–Kier alpha value is -2.99. The zero-order valence-electron chi connectivity index (χ0n) is 15.6. The van der Waals surface area contributed by atoms with Crippen molar-refractivity contribution >= 4 is 17.3 Å². The van der Waals surface area contributed by atoms with Gasteiger partial charge in [-0.3, -0.25) is 0 Å². The van der Waals surface area contributed by atoms with Gasteiger partial charge in [0.1, 0.15) is 17.6 Å². The Balaban J connectivity index is 1.63. The molecule has 142 valence electrons. The van der Waals surface area contributed by atoms with Crippen LogP contribution in [0.4, 0.5) is 17.3 Å². The second kappa shape index (κ2) is 9.09. The van der Waals surface area contributed by atoms with Gasteiger partial charge in [-0.25, -0.2) is 9.97 Å². The predicted octanol–water partition coefficient (Wildman–Crippen LogP) is 2.08. The summed E-state index contributed by atoms with van der Waals surface area (Å²) in [5.74, 6) is 2.10. The van der Waals surface area contributed by atoms with Crippen LogP contribution in [0, 0.1) is 17.2 Å². The Bertz CT molecular complexity index is 781. The smallest absolute Gasteiger partial charge is 0.256 e. The van der Waals surface area contributed by atoms with Gasteiger partial charge in [0.25, 0.3) is 5.88 Å². The van der Waals surface area contributed by atoms with Crippen LogP contribution < -0.4 is 20.7 Å². The third-order valence-corrected chi connectivity index (χ3v) is 4.81. The number of rotatable bonds is 7. The number of nitrogens with zero attached hydrogens (tertiary/aromatic N) is 5. The summed E-state index contributed by atoms with van der Waals surface area (Å²) in [5.41, 5.74) is 1.05. The van der Waals surface area contributed by atoms with E-state index in [1.165, 1.54) is 38.1 Å². The Morgan fingerprint density at radius 3 is 2.59 bits per heavy atom. The Morgan fingerprint density at radius 2 is 1.96 bits per heavy atom. The van der Waals surface area contributed by atoms with E-state index < -0.39 is 0 Å². The first-order valence-electron chi connectivity index (χ1n) is 9.03. The van der Waals surface area contributed by atoms with Gasteiger partial charge in [-0.15, -0.1) is 10.2 Å². The first-order chi connectivity index (χ1) is 13.2. The topological polar surface area (TPSA) is 121 Å². The molecule has 0 aliphatic heterocycles. The van der Waals surface area contributed by atoms with Crippen LogP contribution in [0.15, 0.2) is 18.5 Å². The molecule has 9 nitrogen and oxygen atoms in total. The molecule has 0 radical (unpaired) electrons. The number of aromatic nitrogens is 4. The van der Waals surface area contributed by atoms with E-state index >= 15 is 0 Å². The molecule has 0 amide bonds. The van der Waals surface area contributed by atoms with Crippen molar-refractivity contribution < 1.29 is 4.74 Å². The number of ether oxygens (including phenoxy) is 1. The Kier molecular flexibility index (Phi) is 6.33. The number of nitrogens with one attached hydrogen (secondary N) is 3. The van der Waals surface area contributed by atoms with Crippen molar-refractivity contribution in [3.05, 3.63) is 24.2 Å². The zero-order chi connectivity index (χ0) is 19.1. The Labute approximate surface area is 158 Å². The lowest BCUT2D eigenvalue weighted by Gasteiger charge is -2.28.